The zero-order valence-corrected chi connectivity index (χ0v) is 11.6. The first-order chi connectivity index (χ1) is 9.33. The van der Waals surface area contributed by atoms with E-state index in [9.17, 15) is 0 Å². The molecule has 0 radical (unpaired) electrons. The zero-order valence-electron chi connectivity index (χ0n) is 11.6. The molecule has 4 fully saturated rings. The van der Waals surface area contributed by atoms with Crippen LogP contribution in [0.5, 0.6) is 0 Å². The molecule has 1 heterocycles. The average Bonchev–Trinajstić information content (AvgIpc) is 2.40. The SMILES string of the molecule is NCCc1ccc(C2C3CC4CC(C3)CC2C4)cn1. The first-order valence-electron chi connectivity index (χ1n) is 7.98. The Kier molecular flexibility index (Phi) is 2.87. The Morgan fingerprint density at radius 1 is 1.00 bits per heavy atom. The Morgan fingerprint density at radius 2 is 1.68 bits per heavy atom. The number of nitrogens with zero attached hydrogens (tertiary/aromatic N) is 1. The van der Waals surface area contributed by atoms with Crippen LogP contribution in [0.1, 0.15) is 49.3 Å². The summed E-state index contributed by atoms with van der Waals surface area (Å²) in [6, 6.07) is 4.54. The van der Waals surface area contributed by atoms with E-state index in [0.717, 1.165) is 41.7 Å². The normalized spacial score (nSPS) is 39.7. The van der Waals surface area contributed by atoms with Crippen LogP contribution in [0, 0.1) is 23.7 Å². The molecule has 2 N–H and O–H groups in total. The molecule has 1 aromatic heterocycles. The summed E-state index contributed by atoms with van der Waals surface area (Å²) in [5.41, 5.74) is 8.25. The van der Waals surface area contributed by atoms with Gasteiger partial charge in [0.1, 0.15) is 0 Å². The second-order valence-electron chi connectivity index (χ2n) is 7.08. The fraction of sp³-hybridized carbons (Fsp3) is 0.706. The highest BCUT2D eigenvalue weighted by Gasteiger charge is 2.48. The molecule has 0 unspecified atom stereocenters. The summed E-state index contributed by atoms with van der Waals surface area (Å²) in [7, 11) is 0. The lowest BCUT2D eigenvalue weighted by atomic mass is 9.51. The smallest absolute Gasteiger partial charge is 0.0416 e. The Morgan fingerprint density at radius 3 is 2.21 bits per heavy atom. The lowest BCUT2D eigenvalue weighted by Gasteiger charge is -2.54. The van der Waals surface area contributed by atoms with Crippen molar-refractivity contribution >= 4 is 0 Å². The minimum absolute atomic E-state index is 0.699. The van der Waals surface area contributed by atoms with E-state index in [1.54, 1.807) is 0 Å². The number of rotatable bonds is 3. The molecular formula is C17H24N2. The van der Waals surface area contributed by atoms with Gasteiger partial charge in [-0.15, -0.1) is 0 Å². The van der Waals surface area contributed by atoms with Crippen LogP contribution in [0.15, 0.2) is 18.3 Å². The summed E-state index contributed by atoms with van der Waals surface area (Å²) < 4.78 is 0. The van der Waals surface area contributed by atoms with Crippen LogP contribution >= 0.6 is 0 Å². The summed E-state index contributed by atoms with van der Waals surface area (Å²) in [4.78, 5) is 4.62. The summed E-state index contributed by atoms with van der Waals surface area (Å²) in [5.74, 6) is 4.84. The van der Waals surface area contributed by atoms with Gasteiger partial charge in [-0.05, 0) is 79.9 Å². The highest BCUT2D eigenvalue weighted by Crippen LogP contribution is 2.59. The zero-order chi connectivity index (χ0) is 12.8. The third-order valence-electron chi connectivity index (χ3n) is 5.86. The number of aromatic nitrogens is 1. The summed E-state index contributed by atoms with van der Waals surface area (Å²) in [6.45, 7) is 0.699. The van der Waals surface area contributed by atoms with Crippen molar-refractivity contribution < 1.29 is 0 Å². The van der Waals surface area contributed by atoms with Crippen LogP contribution in [-0.4, -0.2) is 11.5 Å². The number of pyridine rings is 1. The molecule has 0 aliphatic heterocycles. The minimum Gasteiger partial charge on any atom is -0.330 e. The number of hydrogen-bond acceptors (Lipinski definition) is 2. The van der Waals surface area contributed by atoms with E-state index in [1.807, 2.05) is 0 Å². The molecule has 5 rings (SSSR count). The Hall–Kier alpha value is -0.890. The molecule has 4 aliphatic rings. The van der Waals surface area contributed by atoms with Gasteiger partial charge < -0.3 is 5.73 Å². The van der Waals surface area contributed by atoms with Crippen molar-refractivity contribution in [2.24, 2.45) is 29.4 Å². The summed E-state index contributed by atoms with van der Waals surface area (Å²) >= 11 is 0. The number of nitrogens with two attached hydrogens (primary N) is 1. The fourth-order valence-electron chi connectivity index (χ4n) is 5.40. The van der Waals surface area contributed by atoms with Crippen LogP contribution in [0.25, 0.3) is 0 Å². The molecule has 0 aromatic carbocycles. The van der Waals surface area contributed by atoms with Gasteiger partial charge in [0.15, 0.2) is 0 Å². The monoisotopic (exact) mass is 256 g/mol. The van der Waals surface area contributed by atoms with E-state index < -0.39 is 0 Å². The molecule has 102 valence electrons. The van der Waals surface area contributed by atoms with E-state index in [-0.39, 0.29) is 0 Å². The molecular weight excluding hydrogens is 232 g/mol. The van der Waals surface area contributed by atoms with Crippen molar-refractivity contribution in [3.05, 3.63) is 29.6 Å². The molecule has 4 bridgehead atoms. The maximum atomic E-state index is 5.60. The maximum absolute atomic E-state index is 5.60. The predicted octanol–water partition coefficient (Wildman–Crippen LogP) is 3.12. The van der Waals surface area contributed by atoms with Crippen molar-refractivity contribution in [2.75, 3.05) is 6.54 Å². The van der Waals surface area contributed by atoms with E-state index >= 15 is 0 Å². The van der Waals surface area contributed by atoms with Gasteiger partial charge in [0, 0.05) is 18.3 Å². The quantitative estimate of drug-likeness (QED) is 0.902. The number of hydrogen-bond donors (Lipinski definition) is 1. The van der Waals surface area contributed by atoms with Crippen molar-refractivity contribution in [3.8, 4) is 0 Å². The predicted molar refractivity (Wildman–Crippen MR) is 76.8 cm³/mol. The van der Waals surface area contributed by atoms with E-state index in [4.69, 9.17) is 5.73 Å². The summed E-state index contributed by atoms with van der Waals surface area (Å²) in [5, 5.41) is 0. The third kappa shape index (κ3) is 2.01. The van der Waals surface area contributed by atoms with Crippen LogP contribution in [0.2, 0.25) is 0 Å². The second kappa shape index (κ2) is 4.59. The molecule has 0 saturated heterocycles. The summed E-state index contributed by atoms with van der Waals surface area (Å²) in [6.07, 6.45) is 10.5. The molecule has 0 spiro atoms. The van der Waals surface area contributed by atoms with Crippen LogP contribution in [0.4, 0.5) is 0 Å². The molecule has 1 aromatic rings. The minimum atomic E-state index is 0.699. The van der Waals surface area contributed by atoms with Gasteiger partial charge in [-0.3, -0.25) is 4.98 Å². The Bertz CT molecular complexity index is 423. The third-order valence-corrected chi connectivity index (χ3v) is 5.86. The topological polar surface area (TPSA) is 38.9 Å². The Labute approximate surface area is 115 Å². The fourth-order valence-corrected chi connectivity index (χ4v) is 5.40. The van der Waals surface area contributed by atoms with Crippen molar-refractivity contribution in [1.82, 2.24) is 4.98 Å². The van der Waals surface area contributed by atoms with Gasteiger partial charge in [-0.1, -0.05) is 6.07 Å². The van der Waals surface area contributed by atoms with Crippen molar-refractivity contribution in [2.45, 2.75) is 44.4 Å². The Balaban J connectivity index is 1.58. The maximum Gasteiger partial charge on any atom is 0.0416 e. The van der Waals surface area contributed by atoms with Gasteiger partial charge in [0.2, 0.25) is 0 Å². The second-order valence-corrected chi connectivity index (χ2v) is 7.08. The highest BCUT2D eigenvalue weighted by molar-refractivity contribution is 5.23. The van der Waals surface area contributed by atoms with Crippen molar-refractivity contribution in [1.29, 1.82) is 0 Å². The average molecular weight is 256 g/mol. The van der Waals surface area contributed by atoms with Crippen LogP contribution in [0.3, 0.4) is 0 Å². The lowest BCUT2D eigenvalue weighted by molar-refractivity contribution is -0.00289. The molecule has 0 atom stereocenters. The van der Waals surface area contributed by atoms with Crippen molar-refractivity contribution in [3.63, 3.8) is 0 Å². The van der Waals surface area contributed by atoms with E-state index in [2.05, 4.69) is 23.3 Å². The van der Waals surface area contributed by atoms with E-state index in [0.29, 0.717) is 6.54 Å². The molecule has 2 heteroatoms. The van der Waals surface area contributed by atoms with Crippen LogP contribution in [-0.2, 0) is 6.42 Å². The first kappa shape index (κ1) is 11.9. The molecule has 4 saturated carbocycles. The van der Waals surface area contributed by atoms with Gasteiger partial charge in [-0.2, -0.15) is 0 Å². The van der Waals surface area contributed by atoms with Gasteiger partial charge in [0.05, 0.1) is 0 Å². The molecule has 4 aliphatic carbocycles. The van der Waals surface area contributed by atoms with E-state index in [1.165, 1.54) is 37.7 Å². The van der Waals surface area contributed by atoms with Gasteiger partial charge in [-0.25, -0.2) is 0 Å². The van der Waals surface area contributed by atoms with Gasteiger partial charge >= 0.3 is 0 Å². The van der Waals surface area contributed by atoms with Gasteiger partial charge in [0.25, 0.3) is 0 Å². The molecule has 19 heavy (non-hydrogen) atoms. The standard InChI is InChI=1S/C17H24N2/c18-4-3-16-2-1-13(10-19-16)17-14-6-11-5-12(8-14)9-15(17)7-11/h1-2,10-12,14-15,17H,3-9,18H2. The van der Waals surface area contributed by atoms with Crippen LogP contribution < -0.4 is 5.73 Å². The molecule has 0 amide bonds. The highest BCUT2D eigenvalue weighted by atomic mass is 14.7. The lowest BCUT2D eigenvalue weighted by Crippen LogP contribution is -2.43. The largest absolute Gasteiger partial charge is 0.330 e. The molecule has 2 nitrogen and oxygen atoms in total. The first-order valence-corrected chi connectivity index (χ1v) is 7.98.